The van der Waals surface area contributed by atoms with Gasteiger partial charge in [-0.15, -0.1) is 23.1 Å². The van der Waals surface area contributed by atoms with Gasteiger partial charge in [0.1, 0.15) is 5.44 Å². The van der Waals surface area contributed by atoms with Crippen LogP contribution < -0.4 is 5.73 Å². The first-order valence-corrected chi connectivity index (χ1v) is 6.31. The molecule has 0 spiro atoms. The van der Waals surface area contributed by atoms with Gasteiger partial charge >= 0.3 is 0 Å². The monoisotopic (exact) mass is 233 g/mol. The van der Waals surface area contributed by atoms with Gasteiger partial charge in [0.25, 0.3) is 0 Å². The van der Waals surface area contributed by atoms with Gasteiger partial charge in [0.05, 0.1) is 6.61 Å². The third-order valence-electron chi connectivity index (χ3n) is 2.29. The van der Waals surface area contributed by atoms with Crippen LogP contribution >= 0.6 is 23.1 Å². The molecule has 1 unspecified atom stereocenters. The molecule has 1 atom stereocenters. The van der Waals surface area contributed by atoms with Crippen LogP contribution in [0.5, 0.6) is 0 Å². The average Bonchev–Trinajstić information content (AvgIpc) is 2.45. The molecule has 0 aromatic carbocycles. The summed E-state index contributed by atoms with van der Waals surface area (Å²) in [5.41, 5.74) is 7.16. The average molecular weight is 233 g/mol. The van der Waals surface area contributed by atoms with Crippen LogP contribution in [0.15, 0.2) is 0 Å². The number of halogens is 1. The molecule has 2 heterocycles. The number of thioether (sulfide) groups is 1. The fourth-order valence-electron chi connectivity index (χ4n) is 1.61. The highest BCUT2D eigenvalue weighted by Crippen LogP contribution is 2.41. The molecule has 1 aliphatic heterocycles. The van der Waals surface area contributed by atoms with Crippen molar-refractivity contribution in [1.29, 1.82) is 0 Å². The Hall–Kier alpha value is -0.100. The molecule has 5 heteroatoms. The van der Waals surface area contributed by atoms with E-state index in [-0.39, 0.29) is 10.6 Å². The summed E-state index contributed by atoms with van der Waals surface area (Å²) in [6.45, 7) is 2.48. The fraction of sp³-hybridized carbons (Fsp3) is 0.556. The molecule has 1 aromatic heterocycles. The van der Waals surface area contributed by atoms with Crippen LogP contribution in [0, 0.1) is 12.1 Å². The van der Waals surface area contributed by atoms with Crippen LogP contribution in [0.25, 0.3) is 0 Å². The van der Waals surface area contributed by atoms with Crippen molar-refractivity contribution in [1.82, 2.24) is 0 Å². The molecular weight excluding hydrogens is 221 g/mol. The predicted molar refractivity (Wildman–Crippen MR) is 58.1 cm³/mol. The van der Waals surface area contributed by atoms with Gasteiger partial charge in [-0.3, -0.25) is 0 Å². The second-order valence-electron chi connectivity index (χ2n) is 3.12. The molecule has 1 aliphatic rings. The highest BCUT2D eigenvalue weighted by atomic mass is 32.2. The lowest BCUT2D eigenvalue weighted by molar-refractivity contribution is 0.104. The van der Waals surface area contributed by atoms with E-state index in [9.17, 15) is 4.39 Å². The van der Waals surface area contributed by atoms with E-state index in [1.807, 2.05) is 6.92 Å². The van der Waals surface area contributed by atoms with Gasteiger partial charge in [-0.05, 0) is 6.92 Å². The van der Waals surface area contributed by atoms with Crippen molar-refractivity contribution >= 4 is 23.1 Å². The van der Waals surface area contributed by atoms with E-state index >= 15 is 0 Å². The Kier molecular flexibility index (Phi) is 3.11. The van der Waals surface area contributed by atoms with Crippen molar-refractivity contribution < 1.29 is 9.13 Å². The van der Waals surface area contributed by atoms with Gasteiger partial charge in [0.2, 0.25) is 0 Å². The Morgan fingerprint density at radius 2 is 2.50 bits per heavy atom. The third-order valence-corrected chi connectivity index (χ3v) is 4.32. The molecular formula is C9H12FNOS2. The van der Waals surface area contributed by atoms with Gasteiger partial charge in [-0.25, -0.2) is 0 Å². The van der Waals surface area contributed by atoms with Crippen molar-refractivity contribution in [3.8, 4) is 0 Å². The number of rotatable bonds is 2. The number of hydrogen-bond donors (Lipinski definition) is 1. The number of nitrogens with two attached hydrogens (primary N) is 1. The van der Waals surface area contributed by atoms with E-state index in [0.717, 1.165) is 22.4 Å². The largest absolute Gasteiger partial charge is 0.362 e. The van der Waals surface area contributed by atoms with Crippen LogP contribution in [0.1, 0.15) is 21.4 Å². The van der Waals surface area contributed by atoms with E-state index in [0.29, 0.717) is 12.5 Å². The Balaban J connectivity index is 2.36. The smallest absolute Gasteiger partial charge is 0.179 e. The molecule has 2 nitrogen and oxygen atoms in total. The van der Waals surface area contributed by atoms with Gasteiger partial charge < -0.3 is 10.5 Å². The maximum absolute atomic E-state index is 13.3. The van der Waals surface area contributed by atoms with Crippen LogP contribution in [0.4, 0.5) is 4.39 Å². The summed E-state index contributed by atoms with van der Waals surface area (Å²) in [5, 5.41) is -0.0804. The summed E-state index contributed by atoms with van der Waals surface area (Å²) >= 11 is 2.76. The first-order valence-electron chi connectivity index (χ1n) is 4.45. The van der Waals surface area contributed by atoms with Crippen LogP contribution in [0.2, 0.25) is 0 Å². The molecule has 0 saturated heterocycles. The molecule has 0 bridgehead atoms. The normalized spacial score (nSPS) is 20.9. The SMILES string of the molecule is Cc1c(F)sc2c1C(SCN)OCC2. The lowest BCUT2D eigenvalue weighted by atomic mass is 10.1. The van der Waals surface area contributed by atoms with Gasteiger partial charge in [0, 0.05) is 28.3 Å². The lowest BCUT2D eigenvalue weighted by Gasteiger charge is -2.23. The Morgan fingerprint density at radius 1 is 1.71 bits per heavy atom. The minimum atomic E-state index is -0.0804. The van der Waals surface area contributed by atoms with Crippen molar-refractivity contribution in [2.24, 2.45) is 5.73 Å². The summed E-state index contributed by atoms with van der Waals surface area (Å²) < 4.78 is 18.9. The Bertz CT molecular complexity index is 340. The molecule has 0 amide bonds. The first-order chi connectivity index (χ1) is 6.74. The predicted octanol–water partition coefficient (Wildman–Crippen LogP) is 2.42. The molecule has 1 aromatic rings. The highest BCUT2D eigenvalue weighted by Gasteiger charge is 2.27. The lowest BCUT2D eigenvalue weighted by Crippen LogP contribution is -2.14. The molecule has 0 radical (unpaired) electrons. The van der Waals surface area contributed by atoms with Crippen LogP contribution in [0.3, 0.4) is 0 Å². The standard InChI is InChI=1S/C9H12FNOS2/c1-5-7-6(14-8(5)10)2-3-12-9(7)13-4-11/h9H,2-4,11H2,1H3. The summed E-state index contributed by atoms with van der Waals surface area (Å²) in [7, 11) is 0. The summed E-state index contributed by atoms with van der Waals surface area (Å²) in [4.78, 5) is 1.12. The maximum atomic E-state index is 13.3. The van der Waals surface area contributed by atoms with Gasteiger partial charge in [-0.2, -0.15) is 4.39 Å². The number of thiophene rings is 1. The van der Waals surface area contributed by atoms with Crippen molar-refractivity contribution in [3.05, 3.63) is 21.1 Å². The van der Waals surface area contributed by atoms with Crippen molar-refractivity contribution in [3.63, 3.8) is 0 Å². The van der Waals surface area contributed by atoms with Crippen LogP contribution in [-0.2, 0) is 11.2 Å². The van der Waals surface area contributed by atoms with E-state index in [2.05, 4.69) is 0 Å². The molecule has 0 saturated carbocycles. The number of ether oxygens (including phenoxy) is 1. The molecule has 2 rings (SSSR count). The van der Waals surface area contributed by atoms with E-state index in [4.69, 9.17) is 10.5 Å². The Morgan fingerprint density at radius 3 is 3.21 bits per heavy atom. The second kappa shape index (κ2) is 4.18. The molecule has 2 N–H and O–H groups in total. The third kappa shape index (κ3) is 1.69. The minimum Gasteiger partial charge on any atom is -0.362 e. The summed E-state index contributed by atoms with van der Waals surface area (Å²) in [5.74, 6) is 0.501. The van der Waals surface area contributed by atoms with Crippen molar-refractivity contribution in [2.75, 3.05) is 12.5 Å². The van der Waals surface area contributed by atoms with E-state index < -0.39 is 0 Å². The van der Waals surface area contributed by atoms with E-state index in [1.165, 1.54) is 23.1 Å². The number of hydrogen-bond acceptors (Lipinski definition) is 4. The van der Waals surface area contributed by atoms with Gasteiger partial charge in [0.15, 0.2) is 5.13 Å². The zero-order chi connectivity index (χ0) is 10.1. The highest BCUT2D eigenvalue weighted by molar-refractivity contribution is 7.99. The zero-order valence-corrected chi connectivity index (χ0v) is 9.51. The van der Waals surface area contributed by atoms with Crippen LogP contribution in [-0.4, -0.2) is 12.5 Å². The Labute approximate surface area is 90.6 Å². The summed E-state index contributed by atoms with van der Waals surface area (Å²) in [6.07, 6.45) is 0.826. The quantitative estimate of drug-likeness (QED) is 0.797. The maximum Gasteiger partial charge on any atom is 0.179 e. The zero-order valence-electron chi connectivity index (χ0n) is 7.88. The van der Waals surface area contributed by atoms with Crippen molar-refractivity contribution in [2.45, 2.75) is 18.8 Å². The first kappa shape index (κ1) is 10.4. The van der Waals surface area contributed by atoms with E-state index in [1.54, 1.807) is 0 Å². The molecule has 14 heavy (non-hydrogen) atoms. The number of fused-ring (bicyclic) bond motifs is 1. The summed E-state index contributed by atoms with van der Waals surface area (Å²) in [6, 6.07) is 0. The molecule has 0 aliphatic carbocycles. The fourth-order valence-corrected chi connectivity index (χ4v) is 3.57. The minimum absolute atomic E-state index is 0.0653. The topological polar surface area (TPSA) is 35.2 Å². The molecule has 78 valence electrons. The molecule has 0 fully saturated rings. The van der Waals surface area contributed by atoms with Gasteiger partial charge in [-0.1, -0.05) is 0 Å². The second-order valence-corrected chi connectivity index (χ2v) is 5.27.